The molecule has 0 aromatic heterocycles. The normalized spacial score (nSPS) is 14.3. The number of amides is 2. The van der Waals surface area contributed by atoms with Crippen LogP contribution in [0.15, 0.2) is 24.3 Å². The van der Waals surface area contributed by atoms with Gasteiger partial charge in [0.05, 0.1) is 12.2 Å². The quantitative estimate of drug-likeness (QED) is 0.753. The third-order valence-corrected chi connectivity index (χ3v) is 3.72. The second-order valence-corrected chi connectivity index (χ2v) is 7.20. The first-order chi connectivity index (χ1) is 10.6. The predicted octanol–water partition coefficient (Wildman–Crippen LogP) is 3.24. The molecule has 0 aliphatic rings. The molecule has 0 saturated heterocycles. The molecule has 0 spiro atoms. The van der Waals surface area contributed by atoms with Gasteiger partial charge in [0, 0.05) is 12.6 Å². The lowest BCUT2D eigenvalue weighted by atomic mass is 9.88. The third kappa shape index (κ3) is 6.91. The lowest BCUT2D eigenvalue weighted by Crippen LogP contribution is -2.47. The molecule has 1 rings (SSSR count). The molecule has 5 nitrogen and oxygen atoms in total. The average molecular weight is 322 g/mol. The number of carbonyl (C=O) groups excluding carboxylic acids is 1. The minimum absolute atomic E-state index is 0.0154. The first kappa shape index (κ1) is 19.3. The topological polar surface area (TPSA) is 70.6 Å². The molecule has 0 bridgehead atoms. The highest BCUT2D eigenvalue weighted by Crippen LogP contribution is 2.20. The summed E-state index contributed by atoms with van der Waals surface area (Å²) in [7, 11) is 0. The zero-order valence-electron chi connectivity index (χ0n) is 15.0. The lowest BCUT2D eigenvalue weighted by Gasteiger charge is -2.28. The van der Waals surface area contributed by atoms with Crippen LogP contribution in [0.25, 0.3) is 0 Å². The highest BCUT2D eigenvalue weighted by molar-refractivity contribution is 5.74. The average Bonchev–Trinajstić information content (AvgIpc) is 2.43. The van der Waals surface area contributed by atoms with E-state index in [4.69, 9.17) is 4.74 Å². The number of urea groups is 1. The van der Waals surface area contributed by atoms with Crippen molar-refractivity contribution in [3.63, 3.8) is 0 Å². The Hall–Kier alpha value is -1.75. The van der Waals surface area contributed by atoms with Crippen LogP contribution in [0.2, 0.25) is 0 Å². The van der Waals surface area contributed by atoms with E-state index in [0.29, 0.717) is 11.3 Å². The molecule has 0 aliphatic carbocycles. The summed E-state index contributed by atoms with van der Waals surface area (Å²) in [5.74, 6) is 0.711. The minimum atomic E-state index is -0.776. The Morgan fingerprint density at radius 1 is 1.26 bits per heavy atom. The van der Waals surface area contributed by atoms with Gasteiger partial charge in [0.2, 0.25) is 0 Å². The van der Waals surface area contributed by atoms with Gasteiger partial charge < -0.3 is 20.5 Å². The van der Waals surface area contributed by atoms with Crippen molar-refractivity contribution in [1.29, 1.82) is 0 Å². The molecule has 2 unspecified atom stereocenters. The van der Waals surface area contributed by atoms with E-state index in [-0.39, 0.29) is 30.1 Å². The van der Waals surface area contributed by atoms with Crippen molar-refractivity contribution < 1.29 is 14.6 Å². The van der Waals surface area contributed by atoms with Gasteiger partial charge in [0.25, 0.3) is 0 Å². The maximum atomic E-state index is 11.9. The van der Waals surface area contributed by atoms with Crippen molar-refractivity contribution in [2.75, 3.05) is 6.54 Å². The van der Waals surface area contributed by atoms with E-state index in [1.807, 2.05) is 39.0 Å². The SMILES string of the molecule is CC(C)Oc1cccc(C(O)CNC(=O)NC(C)C(C)(C)C)c1. The highest BCUT2D eigenvalue weighted by Gasteiger charge is 2.21. The second kappa shape index (κ2) is 8.20. The van der Waals surface area contributed by atoms with Crippen LogP contribution in [-0.2, 0) is 0 Å². The Morgan fingerprint density at radius 3 is 2.48 bits per heavy atom. The van der Waals surface area contributed by atoms with Gasteiger partial charge in [-0.2, -0.15) is 0 Å². The number of nitrogens with one attached hydrogen (secondary N) is 2. The summed E-state index contributed by atoms with van der Waals surface area (Å²) in [4.78, 5) is 11.9. The number of ether oxygens (including phenoxy) is 1. The number of carbonyl (C=O) groups is 1. The number of hydrogen-bond acceptors (Lipinski definition) is 3. The van der Waals surface area contributed by atoms with Crippen LogP contribution in [0.4, 0.5) is 4.79 Å². The fraction of sp³-hybridized carbons (Fsp3) is 0.611. The monoisotopic (exact) mass is 322 g/mol. The van der Waals surface area contributed by atoms with Gasteiger partial charge in [-0.1, -0.05) is 32.9 Å². The Balaban J connectivity index is 2.53. The van der Waals surface area contributed by atoms with Crippen molar-refractivity contribution >= 4 is 6.03 Å². The molecular weight excluding hydrogens is 292 g/mol. The standard InChI is InChI=1S/C18H30N2O3/c1-12(2)23-15-9-7-8-14(10-15)16(21)11-19-17(22)20-13(3)18(4,5)6/h7-10,12-13,16,21H,11H2,1-6H3,(H2,19,20,22). The molecule has 0 saturated carbocycles. The third-order valence-electron chi connectivity index (χ3n) is 3.72. The molecule has 0 radical (unpaired) electrons. The van der Waals surface area contributed by atoms with Crippen molar-refractivity contribution in [1.82, 2.24) is 10.6 Å². The van der Waals surface area contributed by atoms with E-state index in [0.717, 1.165) is 0 Å². The van der Waals surface area contributed by atoms with Crippen molar-refractivity contribution in [2.45, 2.75) is 59.8 Å². The maximum absolute atomic E-state index is 11.9. The molecule has 0 fully saturated rings. The van der Waals surface area contributed by atoms with Crippen LogP contribution in [0.1, 0.15) is 53.2 Å². The fourth-order valence-electron chi connectivity index (χ4n) is 1.84. The van der Waals surface area contributed by atoms with Crippen LogP contribution in [0, 0.1) is 5.41 Å². The van der Waals surface area contributed by atoms with Crippen molar-refractivity contribution in [3.8, 4) is 5.75 Å². The molecule has 130 valence electrons. The summed E-state index contributed by atoms with van der Waals surface area (Å²) in [5, 5.41) is 15.8. The molecule has 23 heavy (non-hydrogen) atoms. The molecule has 3 N–H and O–H groups in total. The van der Waals surface area contributed by atoms with Crippen molar-refractivity contribution in [3.05, 3.63) is 29.8 Å². The smallest absolute Gasteiger partial charge is 0.315 e. The minimum Gasteiger partial charge on any atom is -0.491 e. The largest absolute Gasteiger partial charge is 0.491 e. The number of hydrogen-bond donors (Lipinski definition) is 3. The van der Waals surface area contributed by atoms with E-state index in [1.165, 1.54) is 0 Å². The van der Waals surface area contributed by atoms with E-state index < -0.39 is 6.10 Å². The molecule has 1 aromatic rings. The van der Waals surface area contributed by atoms with Gasteiger partial charge in [-0.15, -0.1) is 0 Å². The Kier molecular flexibility index (Phi) is 6.88. The van der Waals surface area contributed by atoms with Crippen LogP contribution >= 0.6 is 0 Å². The molecule has 0 aliphatic heterocycles. The van der Waals surface area contributed by atoms with Gasteiger partial charge in [-0.05, 0) is 43.9 Å². The van der Waals surface area contributed by atoms with E-state index in [9.17, 15) is 9.90 Å². The summed E-state index contributed by atoms with van der Waals surface area (Å²) in [6.07, 6.45) is -0.702. The summed E-state index contributed by atoms with van der Waals surface area (Å²) in [6, 6.07) is 7.04. The zero-order chi connectivity index (χ0) is 17.6. The van der Waals surface area contributed by atoms with Crippen molar-refractivity contribution in [2.24, 2.45) is 5.41 Å². The van der Waals surface area contributed by atoms with E-state index in [1.54, 1.807) is 6.07 Å². The second-order valence-electron chi connectivity index (χ2n) is 7.20. The maximum Gasteiger partial charge on any atom is 0.315 e. The molecule has 5 heteroatoms. The first-order valence-electron chi connectivity index (χ1n) is 8.08. The van der Waals surface area contributed by atoms with E-state index >= 15 is 0 Å². The Labute approximate surface area is 139 Å². The summed E-state index contributed by atoms with van der Waals surface area (Å²) < 4.78 is 5.61. The molecular formula is C18H30N2O3. The van der Waals surface area contributed by atoms with Gasteiger partial charge in [-0.25, -0.2) is 4.79 Å². The van der Waals surface area contributed by atoms with Gasteiger partial charge >= 0.3 is 6.03 Å². The molecule has 0 heterocycles. The van der Waals surface area contributed by atoms with Gasteiger partial charge in [-0.3, -0.25) is 0 Å². The summed E-state index contributed by atoms with van der Waals surface area (Å²) >= 11 is 0. The Bertz CT molecular complexity index is 509. The lowest BCUT2D eigenvalue weighted by molar-refractivity contribution is 0.169. The summed E-state index contributed by atoms with van der Waals surface area (Å²) in [6.45, 7) is 12.2. The zero-order valence-corrected chi connectivity index (χ0v) is 15.0. The van der Waals surface area contributed by atoms with Crippen LogP contribution in [-0.4, -0.2) is 29.8 Å². The van der Waals surface area contributed by atoms with Crippen LogP contribution < -0.4 is 15.4 Å². The van der Waals surface area contributed by atoms with Gasteiger partial charge in [0.1, 0.15) is 5.75 Å². The van der Waals surface area contributed by atoms with Crippen LogP contribution in [0.3, 0.4) is 0 Å². The number of benzene rings is 1. The van der Waals surface area contributed by atoms with Gasteiger partial charge in [0.15, 0.2) is 0 Å². The molecule has 2 amide bonds. The number of aliphatic hydroxyl groups excluding tert-OH is 1. The molecule has 1 aromatic carbocycles. The summed E-state index contributed by atoms with van der Waals surface area (Å²) in [5.41, 5.74) is 0.700. The number of rotatable bonds is 6. The Morgan fingerprint density at radius 2 is 1.91 bits per heavy atom. The van der Waals surface area contributed by atoms with E-state index in [2.05, 4.69) is 31.4 Å². The number of aliphatic hydroxyl groups is 1. The predicted molar refractivity (Wildman–Crippen MR) is 92.6 cm³/mol. The first-order valence-corrected chi connectivity index (χ1v) is 8.08. The highest BCUT2D eigenvalue weighted by atomic mass is 16.5. The fourth-order valence-corrected chi connectivity index (χ4v) is 1.84. The van der Waals surface area contributed by atoms with Crippen LogP contribution in [0.5, 0.6) is 5.75 Å². The molecule has 2 atom stereocenters.